The molecule has 0 saturated carbocycles. The number of carbonyl (C=O) groups is 1. The van der Waals surface area contributed by atoms with Crippen LogP contribution >= 0.6 is 0 Å². The van der Waals surface area contributed by atoms with Gasteiger partial charge in [-0.2, -0.15) is 0 Å². The highest BCUT2D eigenvalue weighted by molar-refractivity contribution is 6.06. The number of ketones is 1. The Labute approximate surface area is 141 Å². The highest BCUT2D eigenvalue weighted by Crippen LogP contribution is 2.61. The lowest BCUT2D eigenvalue weighted by Gasteiger charge is -2.18. The zero-order valence-corrected chi connectivity index (χ0v) is 13.5. The average molecular weight is 314 g/mol. The molecule has 0 N–H and O–H groups in total. The van der Waals surface area contributed by atoms with E-state index in [-0.39, 0.29) is 5.78 Å². The van der Waals surface area contributed by atoms with Crippen LogP contribution in [0.4, 0.5) is 0 Å². The van der Waals surface area contributed by atoms with Gasteiger partial charge in [-0.3, -0.25) is 4.79 Å². The number of benzene rings is 3. The Morgan fingerprint density at radius 2 is 1.12 bits per heavy atom. The Morgan fingerprint density at radius 3 is 1.58 bits per heavy atom. The Bertz CT molecular complexity index is 817. The molecular weight excluding hydrogens is 296 g/mol. The van der Waals surface area contributed by atoms with Gasteiger partial charge in [-0.05, 0) is 18.1 Å². The minimum absolute atomic E-state index is 0.0100. The van der Waals surface area contributed by atoms with E-state index in [9.17, 15) is 4.79 Å². The molecule has 0 bridgehead atoms. The molecule has 1 fully saturated rings. The van der Waals surface area contributed by atoms with Crippen LogP contribution in [-0.4, -0.2) is 11.4 Å². The summed E-state index contributed by atoms with van der Waals surface area (Å²) in [5, 5.41) is 0. The number of Topliss-reactive ketones (excluding diaryl/α,β-unsaturated/α-hetero) is 1. The Kier molecular flexibility index (Phi) is 3.36. The van der Waals surface area contributed by atoms with Crippen LogP contribution in [0.2, 0.25) is 0 Å². The van der Waals surface area contributed by atoms with Gasteiger partial charge in [0.25, 0.3) is 0 Å². The van der Waals surface area contributed by atoms with Crippen LogP contribution in [0.25, 0.3) is 0 Å². The number of hydrogen-bond donors (Lipinski definition) is 0. The molecule has 1 heterocycles. The summed E-state index contributed by atoms with van der Waals surface area (Å²) in [5.41, 5.74) is 1.04. The largest absolute Gasteiger partial charge is 0.344 e. The van der Waals surface area contributed by atoms with Crippen molar-refractivity contribution >= 4 is 5.78 Å². The molecule has 3 aromatic carbocycles. The zero-order valence-electron chi connectivity index (χ0n) is 13.5. The monoisotopic (exact) mass is 314 g/mol. The van der Waals surface area contributed by atoms with Gasteiger partial charge >= 0.3 is 0 Å². The van der Waals surface area contributed by atoms with Gasteiger partial charge in [0.2, 0.25) is 0 Å². The fourth-order valence-electron chi connectivity index (χ4n) is 3.53. The van der Waals surface area contributed by atoms with Crippen LogP contribution in [0.1, 0.15) is 28.4 Å². The molecule has 1 atom stereocenters. The molecule has 2 heteroatoms. The highest BCUT2D eigenvalue weighted by atomic mass is 16.6. The van der Waals surface area contributed by atoms with Crippen LogP contribution in [0.5, 0.6) is 0 Å². The van der Waals surface area contributed by atoms with Gasteiger partial charge in [0.05, 0.1) is 0 Å². The third kappa shape index (κ3) is 2.04. The number of hydrogen-bond acceptors (Lipinski definition) is 2. The standard InChI is InChI=1S/C22H18O2/c1-21(20(23)17-11-5-2-6-12-17)22(24-21,18-13-7-3-8-14-18)19-15-9-4-10-16-19/h2-16H,1H3/t21-/m0/s1. The number of epoxide rings is 1. The first kappa shape index (κ1) is 14.9. The van der Waals surface area contributed by atoms with Crippen molar-refractivity contribution in [2.45, 2.75) is 18.1 Å². The van der Waals surface area contributed by atoms with E-state index >= 15 is 0 Å². The van der Waals surface area contributed by atoms with Crippen LogP contribution in [0, 0.1) is 0 Å². The smallest absolute Gasteiger partial charge is 0.198 e. The predicted octanol–water partition coefficient (Wildman–Crippen LogP) is 4.60. The van der Waals surface area contributed by atoms with Gasteiger partial charge in [-0.25, -0.2) is 0 Å². The second-order valence-corrected chi connectivity index (χ2v) is 6.24. The van der Waals surface area contributed by atoms with Gasteiger partial charge in [0, 0.05) is 5.56 Å². The van der Waals surface area contributed by atoms with Crippen LogP contribution < -0.4 is 0 Å². The minimum Gasteiger partial charge on any atom is -0.344 e. The molecule has 3 aromatic rings. The third-order valence-corrected chi connectivity index (χ3v) is 4.82. The molecule has 1 aliphatic heterocycles. The number of carbonyl (C=O) groups excluding carboxylic acids is 1. The van der Waals surface area contributed by atoms with E-state index in [4.69, 9.17) is 4.74 Å². The molecule has 0 amide bonds. The SMILES string of the molecule is C[C@@]1(C(=O)c2ccccc2)OC1(c1ccccc1)c1ccccc1. The molecule has 2 nitrogen and oxygen atoms in total. The first-order valence-corrected chi connectivity index (χ1v) is 8.09. The van der Waals surface area contributed by atoms with Crippen LogP contribution in [0.3, 0.4) is 0 Å². The van der Waals surface area contributed by atoms with Crippen molar-refractivity contribution in [2.24, 2.45) is 0 Å². The highest BCUT2D eigenvalue weighted by Gasteiger charge is 2.72. The fraction of sp³-hybridized carbons (Fsp3) is 0.136. The quantitative estimate of drug-likeness (QED) is 0.520. The van der Waals surface area contributed by atoms with Crippen LogP contribution in [0.15, 0.2) is 91.0 Å². The third-order valence-electron chi connectivity index (χ3n) is 4.82. The first-order chi connectivity index (χ1) is 11.7. The maximum atomic E-state index is 13.2. The lowest BCUT2D eigenvalue weighted by Crippen LogP contribution is -2.31. The van der Waals surface area contributed by atoms with E-state index in [1.807, 2.05) is 97.9 Å². The topological polar surface area (TPSA) is 29.6 Å². The van der Waals surface area contributed by atoms with Gasteiger partial charge < -0.3 is 4.74 Å². The molecule has 0 aromatic heterocycles. The van der Waals surface area contributed by atoms with Crippen molar-refractivity contribution in [2.75, 3.05) is 0 Å². The van der Waals surface area contributed by atoms with E-state index in [2.05, 4.69) is 0 Å². The number of ether oxygens (including phenoxy) is 1. The maximum absolute atomic E-state index is 13.2. The lowest BCUT2D eigenvalue weighted by molar-refractivity contribution is 0.0888. The van der Waals surface area contributed by atoms with Crippen molar-refractivity contribution in [3.8, 4) is 0 Å². The molecule has 1 aliphatic rings. The summed E-state index contributed by atoms with van der Waals surface area (Å²) in [7, 11) is 0. The Morgan fingerprint density at radius 1 is 0.708 bits per heavy atom. The summed E-state index contributed by atoms with van der Waals surface area (Å²) in [6.07, 6.45) is 0. The molecule has 1 saturated heterocycles. The molecule has 0 unspecified atom stereocenters. The van der Waals surface area contributed by atoms with Crippen LogP contribution in [-0.2, 0) is 10.3 Å². The van der Waals surface area contributed by atoms with Crippen molar-refractivity contribution in [3.63, 3.8) is 0 Å². The molecule has 0 spiro atoms. The Balaban J connectivity index is 1.85. The predicted molar refractivity (Wildman–Crippen MR) is 93.9 cm³/mol. The molecule has 4 rings (SSSR count). The van der Waals surface area contributed by atoms with E-state index in [1.54, 1.807) is 0 Å². The summed E-state index contributed by atoms with van der Waals surface area (Å²) >= 11 is 0. The van der Waals surface area contributed by atoms with E-state index in [1.165, 1.54) is 0 Å². The number of rotatable bonds is 4. The molecule has 24 heavy (non-hydrogen) atoms. The van der Waals surface area contributed by atoms with E-state index in [0.717, 1.165) is 11.1 Å². The maximum Gasteiger partial charge on any atom is 0.198 e. The average Bonchev–Trinajstić information content (AvgIpc) is 3.32. The Hall–Kier alpha value is -2.71. The summed E-state index contributed by atoms with van der Waals surface area (Å²) in [6, 6.07) is 29.3. The second kappa shape index (κ2) is 5.43. The van der Waals surface area contributed by atoms with Crippen molar-refractivity contribution in [1.29, 1.82) is 0 Å². The van der Waals surface area contributed by atoms with Gasteiger partial charge in [-0.15, -0.1) is 0 Å². The van der Waals surface area contributed by atoms with Crippen molar-refractivity contribution in [3.05, 3.63) is 108 Å². The summed E-state index contributed by atoms with van der Waals surface area (Å²) in [6.45, 7) is 1.89. The first-order valence-electron chi connectivity index (χ1n) is 8.09. The minimum atomic E-state index is -0.906. The molecule has 0 radical (unpaired) electrons. The summed E-state index contributed by atoms with van der Waals surface area (Å²) < 4.78 is 6.23. The van der Waals surface area contributed by atoms with Crippen molar-refractivity contribution < 1.29 is 9.53 Å². The normalized spacial score (nSPS) is 21.2. The van der Waals surface area contributed by atoms with Crippen molar-refractivity contribution in [1.82, 2.24) is 0 Å². The molecule has 0 aliphatic carbocycles. The second-order valence-electron chi connectivity index (χ2n) is 6.24. The van der Waals surface area contributed by atoms with Gasteiger partial charge in [0.1, 0.15) is 0 Å². The lowest BCUT2D eigenvalue weighted by atomic mass is 9.78. The zero-order chi connectivity index (χ0) is 16.6. The summed E-state index contributed by atoms with van der Waals surface area (Å²) in [4.78, 5) is 13.2. The molecular formula is C22H18O2. The van der Waals surface area contributed by atoms with Gasteiger partial charge in [0.15, 0.2) is 17.0 Å². The van der Waals surface area contributed by atoms with Gasteiger partial charge in [-0.1, -0.05) is 91.0 Å². The van der Waals surface area contributed by atoms with E-state index in [0.29, 0.717) is 5.56 Å². The summed E-state index contributed by atoms with van der Waals surface area (Å²) in [5.74, 6) is 0.0100. The van der Waals surface area contributed by atoms with E-state index < -0.39 is 11.2 Å². The fourth-order valence-corrected chi connectivity index (χ4v) is 3.53. The molecule has 118 valence electrons.